The van der Waals surface area contributed by atoms with Crippen LogP contribution in [-0.4, -0.2) is 11.8 Å². The van der Waals surface area contributed by atoms with Crippen molar-refractivity contribution in [2.75, 3.05) is 11.2 Å². The molecule has 1 amide bonds. The molecule has 66 valence electrons. The van der Waals surface area contributed by atoms with Crippen molar-refractivity contribution >= 4 is 36.7 Å². The van der Waals surface area contributed by atoms with Gasteiger partial charge in [0.15, 0.2) is 0 Å². The van der Waals surface area contributed by atoms with Gasteiger partial charge in [0.2, 0.25) is 5.91 Å². The Kier molecular flexibility index (Phi) is 5.58. The Morgan fingerprint density at radius 1 is 1.33 bits per heavy atom. The minimum Gasteiger partial charge on any atom is -0.325 e. The Balaban J connectivity index is 0.00000121. The summed E-state index contributed by atoms with van der Waals surface area (Å²) in [7, 11) is 0. The summed E-state index contributed by atoms with van der Waals surface area (Å²) in [6.07, 6.45) is 0. The number of hydrogen-bond donors (Lipinski definition) is 1. The molecule has 1 N–H and O–H groups in total. The first-order chi connectivity index (χ1) is 5.33. The number of carbonyl (C=O) groups is 1. The Bertz CT molecular complexity index is 240. The molecule has 0 aliphatic rings. The van der Waals surface area contributed by atoms with Crippen molar-refractivity contribution in [2.24, 2.45) is 0 Å². The van der Waals surface area contributed by atoms with Crippen molar-refractivity contribution in [2.45, 2.75) is 0 Å². The van der Waals surface area contributed by atoms with Gasteiger partial charge >= 0.3 is 0 Å². The maximum Gasteiger partial charge on any atom is 0.239 e. The van der Waals surface area contributed by atoms with E-state index in [1.807, 2.05) is 30.3 Å². The fourth-order valence-corrected chi connectivity index (χ4v) is 0.783. The lowest BCUT2D eigenvalue weighted by molar-refractivity contribution is -0.113. The highest BCUT2D eigenvalue weighted by Crippen LogP contribution is 2.04. The zero-order valence-corrected chi connectivity index (χ0v) is 8.14. The third-order valence-electron chi connectivity index (χ3n) is 1.18. The maximum atomic E-state index is 10.7. The smallest absolute Gasteiger partial charge is 0.239 e. The van der Waals surface area contributed by atoms with Crippen LogP contribution in [0.25, 0.3) is 0 Å². The van der Waals surface area contributed by atoms with Gasteiger partial charge in [-0.25, -0.2) is 0 Å². The fourth-order valence-electron chi connectivity index (χ4n) is 0.716. The van der Waals surface area contributed by atoms with E-state index in [9.17, 15) is 4.79 Å². The molecule has 0 aliphatic heterocycles. The van der Waals surface area contributed by atoms with E-state index in [2.05, 4.69) is 5.32 Å². The minimum absolute atomic E-state index is 0. The average molecular weight is 204 g/mol. The van der Waals surface area contributed by atoms with E-state index < -0.39 is 0 Å². The van der Waals surface area contributed by atoms with E-state index in [4.69, 9.17) is 11.6 Å². The molecule has 12 heavy (non-hydrogen) atoms. The summed E-state index contributed by atoms with van der Waals surface area (Å²) in [5.74, 6) is -0.188. The highest BCUT2D eigenvalue weighted by atomic mass is 35.5. The van der Waals surface area contributed by atoms with Gasteiger partial charge in [-0.05, 0) is 12.1 Å². The van der Waals surface area contributed by atoms with Crippen molar-refractivity contribution in [3.05, 3.63) is 30.3 Å². The fraction of sp³-hybridized carbons (Fsp3) is 0.125. The van der Waals surface area contributed by atoms with Crippen LogP contribution in [0.15, 0.2) is 30.3 Å². The van der Waals surface area contributed by atoms with Crippen LogP contribution in [-0.2, 0) is 4.79 Å². The summed E-state index contributed by atoms with van der Waals surface area (Å²) in [5, 5.41) is 2.62. The first-order valence-corrected chi connectivity index (χ1v) is 3.77. The summed E-state index contributed by atoms with van der Waals surface area (Å²) in [6, 6.07) is 9.21. The molecule has 0 bridgehead atoms. The van der Waals surface area contributed by atoms with Gasteiger partial charge in [0.25, 0.3) is 0 Å². The lowest BCUT2D eigenvalue weighted by Crippen LogP contribution is -2.12. The van der Waals surface area contributed by atoms with Gasteiger partial charge in [0.05, 0.1) is 0 Å². The number of halogens is 1. The van der Waals surface area contributed by atoms with Crippen molar-refractivity contribution in [1.29, 1.82) is 0 Å². The summed E-state index contributed by atoms with van der Waals surface area (Å²) in [4.78, 5) is 10.7. The number of nitrogens with one attached hydrogen (secondary N) is 1. The number of hydrogen-bond acceptors (Lipinski definition) is 1. The van der Waals surface area contributed by atoms with Crippen LogP contribution in [0.4, 0.5) is 5.69 Å². The molecule has 1 rings (SSSR count). The minimum atomic E-state index is -0.183. The second kappa shape index (κ2) is 5.91. The van der Waals surface area contributed by atoms with Gasteiger partial charge in [0.1, 0.15) is 5.88 Å². The lowest BCUT2D eigenvalue weighted by Gasteiger charge is -2.00. The molecule has 0 heterocycles. The third kappa shape index (κ3) is 3.64. The predicted molar refractivity (Wildman–Crippen MR) is 56.2 cm³/mol. The molecule has 2 nitrogen and oxygen atoms in total. The molecule has 0 spiro atoms. The van der Waals surface area contributed by atoms with Gasteiger partial charge in [0, 0.05) is 5.69 Å². The Labute approximate surface area is 83.4 Å². The molecule has 0 fully saturated rings. The molecule has 0 aliphatic carbocycles. The summed E-state index contributed by atoms with van der Waals surface area (Å²) in [5.41, 5.74) is 0.776. The van der Waals surface area contributed by atoms with Crippen molar-refractivity contribution in [1.82, 2.24) is 0 Å². The van der Waals surface area contributed by atoms with Gasteiger partial charge in [-0.2, -0.15) is 13.5 Å². The number of anilines is 1. The topological polar surface area (TPSA) is 29.1 Å². The van der Waals surface area contributed by atoms with Gasteiger partial charge in [-0.1, -0.05) is 18.2 Å². The van der Waals surface area contributed by atoms with Crippen LogP contribution < -0.4 is 5.32 Å². The highest BCUT2D eigenvalue weighted by Gasteiger charge is 1.96. The Morgan fingerprint density at radius 2 is 1.92 bits per heavy atom. The molecule has 4 heteroatoms. The predicted octanol–water partition coefficient (Wildman–Crippen LogP) is 1.98. The largest absolute Gasteiger partial charge is 0.325 e. The van der Waals surface area contributed by atoms with Gasteiger partial charge in [-0.3, -0.25) is 4.79 Å². The standard InChI is InChI=1S/C8H8ClNO.H2S/c9-6-8(11)10-7-4-2-1-3-5-7;/h1-5H,6H2,(H,10,11);1H2. The molecule has 0 saturated carbocycles. The van der Waals surface area contributed by atoms with Crippen LogP contribution >= 0.6 is 25.1 Å². The van der Waals surface area contributed by atoms with E-state index in [1.54, 1.807) is 0 Å². The first-order valence-electron chi connectivity index (χ1n) is 3.24. The van der Waals surface area contributed by atoms with Gasteiger partial charge < -0.3 is 5.32 Å². The van der Waals surface area contributed by atoms with E-state index in [0.29, 0.717) is 0 Å². The first kappa shape index (κ1) is 11.3. The van der Waals surface area contributed by atoms with Crippen LogP contribution in [0.5, 0.6) is 0 Å². The summed E-state index contributed by atoms with van der Waals surface area (Å²) < 4.78 is 0. The second-order valence-electron chi connectivity index (χ2n) is 2.05. The third-order valence-corrected chi connectivity index (χ3v) is 1.42. The van der Waals surface area contributed by atoms with E-state index in [0.717, 1.165) is 5.69 Å². The molecule has 0 unspecified atom stereocenters. The van der Waals surface area contributed by atoms with E-state index >= 15 is 0 Å². The second-order valence-corrected chi connectivity index (χ2v) is 2.32. The number of amides is 1. The van der Waals surface area contributed by atoms with E-state index in [1.165, 1.54) is 0 Å². The van der Waals surface area contributed by atoms with Crippen LogP contribution in [0.3, 0.4) is 0 Å². The average Bonchev–Trinajstić information content (AvgIpc) is 2.06. The molecule has 0 radical (unpaired) electrons. The maximum absolute atomic E-state index is 10.7. The van der Waals surface area contributed by atoms with E-state index in [-0.39, 0.29) is 25.3 Å². The summed E-state index contributed by atoms with van der Waals surface area (Å²) in [6.45, 7) is 0. The monoisotopic (exact) mass is 203 g/mol. The highest BCUT2D eigenvalue weighted by molar-refractivity contribution is 7.59. The lowest BCUT2D eigenvalue weighted by atomic mass is 10.3. The molecule has 0 atom stereocenters. The zero-order chi connectivity index (χ0) is 8.10. The number of para-hydroxylation sites is 1. The molecular weight excluding hydrogens is 194 g/mol. The van der Waals surface area contributed by atoms with Crippen LogP contribution in [0.2, 0.25) is 0 Å². The van der Waals surface area contributed by atoms with Gasteiger partial charge in [-0.15, -0.1) is 11.6 Å². The molecule has 1 aromatic rings. The quantitative estimate of drug-likeness (QED) is 0.732. The number of alkyl halides is 1. The van der Waals surface area contributed by atoms with Crippen molar-refractivity contribution in [3.8, 4) is 0 Å². The van der Waals surface area contributed by atoms with Crippen molar-refractivity contribution in [3.63, 3.8) is 0 Å². The van der Waals surface area contributed by atoms with Crippen LogP contribution in [0.1, 0.15) is 0 Å². The molecule has 1 aromatic carbocycles. The zero-order valence-electron chi connectivity index (χ0n) is 6.38. The normalized spacial score (nSPS) is 8.42. The van der Waals surface area contributed by atoms with Crippen molar-refractivity contribution < 1.29 is 4.79 Å². The molecular formula is C8H10ClNOS. The van der Waals surface area contributed by atoms with Crippen LogP contribution in [0, 0.1) is 0 Å². The Morgan fingerprint density at radius 3 is 2.42 bits per heavy atom. The number of carbonyl (C=O) groups excluding carboxylic acids is 1. The summed E-state index contributed by atoms with van der Waals surface area (Å²) >= 11 is 5.29. The Hall–Kier alpha value is -0.670. The molecule has 0 aromatic heterocycles. The number of rotatable bonds is 2. The SMILES string of the molecule is O=C(CCl)Nc1ccccc1.S. The number of benzene rings is 1. The molecule has 0 saturated heterocycles.